The minimum atomic E-state index is -0.726. The predicted molar refractivity (Wildman–Crippen MR) is 153 cm³/mol. The fourth-order valence-electron chi connectivity index (χ4n) is 4.76. The summed E-state index contributed by atoms with van der Waals surface area (Å²) in [4.78, 5) is 28.6. The lowest BCUT2D eigenvalue weighted by Crippen LogP contribution is -2.50. The molecule has 0 aliphatic rings. The molecule has 5 nitrogen and oxygen atoms in total. The molecule has 0 radical (unpaired) electrons. The number of nitrogens with two attached hydrogens (primary N) is 2. The SMILES string of the molecule is Cl.NCCC[C@H](C(N)=O)N(CCc1ccc2ccccc2c1)C(=O)C(c1ccccc1)c1ccccc1. The van der Waals surface area contributed by atoms with E-state index in [1.807, 2.05) is 72.8 Å². The molecule has 0 aromatic heterocycles. The van der Waals surface area contributed by atoms with E-state index in [9.17, 15) is 9.59 Å². The molecule has 4 rings (SSSR count). The maximum Gasteiger partial charge on any atom is 0.240 e. The lowest BCUT2D eigenvalue weighted by molar-refractivity contribution is -0.140. The summed E-state index contributed by atoms with van der Waals surface area (Å²) in [5.41, 5.74) is 14.5. The van der Waals surface area contributed by atoms with E-state index in [-0.39, 0.29) is 18.3 Å². The van der Waals surface area contributed by atoms with Gasteiger partial charge in [-0.15, -0.1) is 12.4 Å². The molecule has 0 fully saturated rings. The quantitative estimate of drug-likeness (QED) is 0.292. The Balaban J connectivity index is 0.00000380. The number of amides is 2. The van der Waals surface area contributed by atoms with Gasteiger partial charge in [0, 0.05) is 6.54 Å². The fraction of sp³-hybridized carbons (Fsp3) is 0.226. The fourth-order valence-corrected chi connectivity index (χ4v) is 4.76. The summed E-state index contributed by atoms with van der Waals surface area (Å²) < 4.78 is 0. The molecule has 2 amide bonds. The van der Waals surface area contributed by atoms with Crippen LogP contribution in [0.5, 0.6) is 0 Å². The molecule has 0 spiro atoms. The zero-order valence-corrected chi connectivity index (χ0v) is 21.6. The van der Waals surface area contributed by atoms with E-state index in [0.717, 1.165) is 22.1 Å². The van der Waals surface area contributed by atoms with Crippen LogP contribution in [0.2, 0.25) is 0 Å². The third kappa shape index (κ3) is 6.97. The highest BCUT2D eigenvalue weighted by Crippen LogP contribution is 2.29. The van der Waals surface area contributed by atoms with Gasteiger partial charge in [-0.3, -0.25) is 9.59 Å². The van der Waals surface area contributed by atoms with Crippen LogP contribution in [-0.4, -0.2) is 35.8 Å². The summed E-state index contributed by atoms with van der Waals surface area (Å²) in [6.07, 6.45) is 1.65. The van der Waals surface area contributed by atoms with Crippen molar-refractivity contribution in [2.45, 2.75) is 31.2 Å². The summed E-state index contributed by atoms with van der Waals surface area (Å²) in [6, 6.07) is 33.2. The minimum Gasteiger partial charge on any atom is -0.368 e. The van der Waals surface area contributed by atoms with E-state index >= 15 is 0 Å². The Bertz CT molecular complexity index is 1260. The number of rotatable bonds is 11. The van der Waals surface area contributed by atoms with Crippen molar-refractivity contribution in [1.29, 1.82) is 0 Å². The third-order valence-corrected chi connectivity index (χ3v) is 6.64. The number of carbonyl (C=O) groups excluding carboxylic acids is 2. The topological polar surface area (TPSA) is 89.4 Å². The van der Waals surface area contributed by atoms with E-state index in [1.54, 1.807) is 4.90 Å². The van der Waals surface area contributed by atoms with Crippen molar-refractivity contribution >= 4 is 35.0 Å². The monoisotopic (exact) mass is 515 g/mol. The van der Waals surface area contributed by atoms with Crippen LogP contribution in [0, 0.1) is 0 Å². The van der Waals surface area contributed by atoms with Crippen LogP contribution in [0.4, 0.5) is 0 Å². The number of fused-ring (bicyclic) bond motifs is 1. The van der Waals surface area contributed by atoms with Crippen molar-refractivity contribution in [3.8, 4) is 0 Å². The van der Waals surface area contributed by atoms with Crippen molar-refractivity contribution in [2.24, 2.45) is 11.5 Å². The molecule has 0 aliphatic carbocycles. The van der Waals surface area contributed by atoms with Gasteiger partial charge >= 0.3 is 0 Å². The molecule has 0 unspecified atom stereocenters. The molecule has 0 aliphatic heterocycles. The maximum absolute atomic E-state index is 14.3. The van der Waals surface area contributed by atoms with Gasteiger partial charge in [-0.05, 0) is 53.3 Å². The van der Waals surface area contributed by atoms with Crippen molar-refractivity contribution in [3.63, 3.8) is 0 Å². The Kier molecular flexibility index (Phi) is 10.2. The average Bonchev–Trinajstić information content (AvgIpc) is 2.91. The highest BCUT2D eigenvalue weighted by atomic mass is 35.5. The van der Waals surface area contributed by atoms with Crippen molar-refractivity contribution in [2.75, 3.05) is 13.1 Å². The van der Waals surface area contributed by atoms with Crippen molar-refractivity contribution in [3.05, 3.63) is 120 Å². The lowest BCUT2D eigenvalue weighted by atomic mass is 9.89. The summed E-state index contributed by atoms with van der Waals surface area (Å²) >= 11 is 0. The van der Waals surface area contributed by atoms with E-state index in [0.29, 0.717) is 32.4 Å². The molecule has 1 atom stereocenters. The van der Waals surface area contributed by atoms with Crippen LogP contribution in [0.15, 0.2) is 103 Å². The molecular formula is C31H34ClN3O2. The molecule has 0 saturated carbocycles. The van der Waals surface area contributed by atoms with Crippen LogP contribution in [-0.2, 0) is 16.0 Å². The number of hydrogen-bond donors (Lipinski definition) is 2. The van der Waals surface area contributed by atoms with E-state index in [2.05, 4.69) is 30.3 Å². The molecule has 0 saturated heterocycles. The smallest absolute Gasteiger partial charge is 0.240 e. The highest BCUT2D eigenvalue weighted by Gasteiger charge is 2.34. The molecule has 37 heavy (non-hydrogen) atoms. The first-order valence-corrected chi connectivity index (χ1v) is 12.5. The Morgan fingerprint density at radius 2 is 1.32 bits per heavy atom. The van der Waals surface area contributed by atoms with E-state index in [4.69, 9.17) is 11.5 Å². The molecule has 0 bridgehead atoms. The van der Waals surface area contributed by atoms with E-state index < -0.39 is 17.9 Å². The van der Waals surface area contributed by atoms with Gasteiger partial charge in [-0.2, -0.15) is 0 Å². The predicted octanol–water partition coefficient (Wildman–Crippen LogP) is 5.06. The van der Waals surface area contributed by atoms with Crippen LogP contribution >= 0.6 is 12.4 Å². The summed E-state index contributed by atoms with van der Waals surface area (Å²) in [5, 5.41) is 2.31. The first-order valence-electron chi connectivity index (χ1n) is 12.5. The molecule has 192 valence electrons. The zero-order chi connectivity index (χ0) is 25.3. The Labute approximate surface area is 224 Å². The van der Waals surface area contributed by atoms with Crippen molar-refractivity contribution in [1.82, 2.24) is 4.90 Å². The maximum atomic E-state index is 14.3. The summed E-state index contributed by atoms with van der Waals surface area (Å²) in [5.74, 6) is -1.17. The largest absolute Gasteiger partial charge is 0.368 e. The normalized spacial score (nSPS) is 11.6. The lowest BCUT2D eigenvalue weighted by Gasteiger charge is -2.33. The van der Waals surface area contributed by atoms with Gasteiger partial charge in [-0.1, -0.05) is 103 Å². The molecule has 4 aromatic carbocycles. The van der Waals surface area contributed by atoms with E-state index in [1.165, 1.54) is 5.39 Å². The zero-order valence-electron chi connectivity index (χ0n) is 20.8. The average molecular weight is 516 g/mol. The standard InChI is InChI=1S/C31H33N3O2.ClH/c32-20-9-16-28(30(33)35)34(21-19-23-17-18-24-10-7-8-15-27(24)22-23)31(36)29(25-11-3-1-4-12-25)26-13-5-2-6-14-26;/h1-8,10-15,17-18,22,28-29H,9,16,19-21,32H2,(H2,33,35);1H/t28-;/m1./s1. The Hall–Kier alpha value is -3.67. The number of nitrogens with zero attached hydrogens (tertiary/aromatic N) is 1. The highest BCUT2D eigenvalue weighted by molar-refractivity contribution is 5.92. The minimum absolute atomic E-state index is 0. The van der Waals surface area contributed by atoms with Gasteiger partial charge in [0.15, 0.2) is 0 Å². The van der Waals surface area contributed by atoms with Crippen LogP contribution < -0.4 is 11.5 Å². The molecular weight excluding hydrogens is 482 g/mol. The number of hydrogen-bond acceptors (Lipinski definition) is 3. The number of carbonyl (C=O) groups is 2. The second-order valence-electron chi connectivity index (χ2n) is 9.07. The molecule has 6 heteroatoms. The van der Waals surface area contributed by atoms with Gasteiger partial charge in [0.2, 0.25) is 11.8 Å². The van der Waals surface area contributed by atoms with Crippen LogP contribution in [0.1, 0.15) is 35.4 Å². The molecule has 4 aromatic rings. The van der Waals surface area contributed by atoms with Crippen LogP contribution in [0.25, 0.3) is 10.8 Å². The third-order valence-electron chi connectivity index (χ3n) is 6.64. The van der Waals surface area contributed by atoms with Gasteiger partial charge in [0.25, 0.3) is 0 Å². The van der Waals surface area contributed by atoms with Gasteiger partial charge in [0.1, 0.15) is 6.04 Å². The van der Waals surface area contributed by atoms with Crippen molar-refractivity contribution < 1.29 is 9.59 Å². The first-order chi connectivity index (χ1) is 17.6. The number of benzene rings is 4. The van der Waals surface area contributed by atoms with Gasteiger partial charge < -0.3 is 16.4 Å². The first kappa shape index (κ1) is 27.9. The van der Waals surface area contributed by atoms with Crippen LogP contribution in [0.3, 0.4) is 0 Å². The Morgan fingerprint density at radius 1 is 0.757 bits per heavy atom. The molecule has 4 N–H and O–H groups in total. The summed E-state index contributed by atoms with van der Waals surface area (Å²) in [7, 11) is 0. The second-order valence-corrected chi connectivity index (χ2v) is 9.07. The Morgan fingerprint density at radius 3 is 1.89 bits per heavy atom. The number of halogens is 1. The molecule has 0 heterocycles. The number of primary amides is 1. The second kappa shape index (κ2) is 13.6. The van der Waals surface area contributed by atoms with Gasteiger partial charge in [0.05, 0.1) is 5.92 Å². The summed E-state index contributed by atoms with van der Waals surface area (Å²) in [6.45, 7) is 0.808. The van der Waals surface area contributed by atoms with Gasteiger partial charge in [-0.25, -0.2) is 0 Å².